The van der Waals surface area contributed by atoms with E-state index >= 15 is 0 Å². The Hall–Kier alpha value is -3.89. The molecule has 1 aromatic heterocycles. The summed E-state index contributed by atoms with van der Waals surface area (Å²) in [5.41, 5.74) is 1.07. The minimum Gasteiger partial charge on any atom is -0.494 e. The van der Waals surface area contributed by atoms with Gasteiger partial charge >= 0.3 is 0 Å². The fraction of sp³-hybridized carbons (Fsp3) is 0.250. The predicted octanol–water partition coefficient (Wildman–Crippen LogP) is 2.25. The van der Waals surface area contributed by atoms with Gasteiger partial charge < -0.3 is 15.0 Å². The third-order valence-corrected chi connectivity index (χ3v) is 4.95. The molecular weight excluding hydrogens is 410 g/mol. The Bertz CT molecular complexity index is 1150. The van der Waals surface area contributed by atoms with Gasteiger partial charge in [0.1, 0.15) is 23.1 Å². The fourth-order valence-corrected chi connectivity index (χ4v) is 3.46. The Balaban J connectivity index is 1.52. The van der Waals surface area contributed by atoms with E-state index in [1.165, 1.54) is 16.7 Å². The summed E-state index contributed by atoms with van der Waals surface area (Å²) in [6, 6.07) is 7.81. The second-order valence-corrected chi connectivity index (χ2v) is 7.05. The van der Waals surface area contributed by atoms with Gasteiger partial charge in [-0.2, -0.15) is 4.68 Å². The summed E-state index contributed by atoms with van der Waals surface area (Å²) >= 11 is 0. The second kappa shape index (κ2) is 8.09. The predicted molar refractivity (Wildman–Crippen MR) is 106 cm³/mol. The van der Waals surface area contributed by atoms with Crippen molar-refractivity contribution >= 4 is 23.2 Å². The summed E-state index contributed by atoms with van der Waals surface area (Å²) < 4.78 is 33.8. The van der Waals surface area contributed by atoms with Crippen molar-refractivity contribution < 1.29 is 23.1 Å². The van der Waals surface area contributed by atoms with Crippen LogP contribution in [0.5, 0.6) is 5.75 Å². The number of aromatic nitrogens is 4. The van der Waals surface area contributed by atoms with Crippen molar-refractivity contribution in [3.05, 3.63) is 53.9 Å². The zero-order valence-corrected chi connectivity index (χ0v) is 16.7. The van der Waals surface area contributed by atoms with Crippen LogP contribution in [0.2, 0.25) is 0 Å². The van der Waals surface area contributed by atoms with Crippen LogP contribution in [-0.2, 0) is 9.59 Å². The molecule has 160 valence electrons. The summed E-state index contributed by atoms with van der Waals surface area (Å²) in [7, 11) is 1.50. The van der Waals surface area contributed by atoms with E-state index in [4.69, 9.17) is 4.74 Å². The summed E-state index contributed by atoms with van der Waals surface area (Å²) in [4.78, 5) is 26.3. The number of nitrogens with zero attached hydrogens (tertiary/aromatic N) is 5. The van der Waals surface area contributed by atoms with Gasteiger partial charge in [0.25, 0.3) is 0 Å². The first kappa shape index (κ1) is 20.4. The van der Waals surface area contributed by atoms with E-state index in [1.807, 2.05) is 0 Å². The Morgan fingerprint density at radius 2 is 1.94 bits per heavy atom. The molecule has 1 aliphatic rings. The first-order valence-electron chi connectivity index (χ1n) is 9.36. The van der Waals surface area contributed by atoms with E-state index < -0.39 is 23.5 Å². The molecule has 1 unspecified atom stereocenters. The van der Waals surface area contributed by atoms with Crippen LogP contribution in [0, 0.1) is 24.5 Å². The number of hydrogen-bond acceptors (Lipinski definition) is 6. The lowest BCUT2D eigenvalue weighted by atomic mass is 10.1. The van der Waals surface area contributed by atoms with Gasteiger partial charge in [-0.25, -0.2) is 8.78 Å². The van der Waals surface area contributed by atoms with Gasteiger partial charge in [0.2, 0.25) is 11.8 Å². The van der Waals surface area contributed by atoms with Crippen molar-refractivity contribution in [3.63, 3.8) is 0 Å². The van der Waals surface area contributed by atoms with Gasteiger partial charge in [0, 0.05) is 30.4 Å². The first-order valence-corrected chi connectivity index (χ1v) is 9.36. The molecule has 1 atom stereocenters. The molecule has 11 heteroatoms. The Labute approximate surface area is 175 Å². The van der Waals surface area contributed by atoms with Crippen molar-refractivity contribution in [2.75, 3.05) is 23.9 Å². The van der Waals surface area contributed by atoms with Crippen molar-refractivity contribution in [2.45, 2.75) is 13.3 Å². The maximum atomic E-state index is 13.5. The smallest absolute Gasteiger partial charge is 0.229 e. The van der Waals surface area contributed by atoms with Crippen LogP contribution in [0.1, 0.15) is 12.2 Å². The van der Waals surface area contributed by atoms with Crippen LogP contribution >= 0.6 is 0 Å². The van der Waals surface area contributed by atoms with E-state index in [2.05, 4.69) is 20.8 Å². The van der Waals surface area contributed by atoms with Crippen LogP contribution in [0.3, 0.4) is 0 Å². The first-order chi connectivity index (χ1) is 14.9. The number of halogens is 2. The normalized spacial score (nSPS) is 15.9. The van der Waals surface area contributed by atoms with E-state index in [1.54, 1.807) is 25.1 Å². The molecule has 0 saturated carbocycles. The van der Waals surface area contributed by atoms with Crippen LogP contribution in [0.15, 0.2) is 36.4 Å². The zero-order chi connectivity index (χ0) is 22.1. The van der Waals surface area contributed by atoms with Crippen molar-refractivity contribution in [1.82, 2.24) is 20.2 Å². The number of amides is 2. The van der Waals surface area contributed by atoms with Gasteiger partial charge in [-0.1, -0.05) is 0 Å². The second-order valence-electron chi connectivity index (χ2n) is 7.05. The number of carbonyl (C=O) groups is 2. The molecule has 0 bridgehead atoms. The number of ether oxygens (including phenoxy) is 1. The van der Waals surface area contributed by atoms with Gasteiger partial charge in [0.15, 0.2) is 5.82 Å². The topological polar surface area (TPSA) is 102 Å². The molecule has 31 heavy (non-hydrogen) atoms. The lowest BCUT2D eigenvalue weighted by Crippen LogP contribution is -2.28. The Morgan fingerprint density at radius 1 is 1.19 bits per heavy atom. The lowest BCUT2D eigenvalue weighted by Gasteiger charge is -2.17. The van der Waals surface area contributed by atoms with Crippen LogP contribution in [-0.4, -0.2) is 45.7 Å². The maximum Gasteiger partial charge on any atom is 0.229 e. The van der Waals surface area contributed by atoms with Gasteiger partial charge in [-0.3, -0.25) is 9.59 Å². The molecule has 1 N–H and O–H groups in total. The molecule has 2 amide bonds. The Kier molecular flexibility index (Phi) is 5.32. The molecule has 1 aliphatic heterocycles. The summed E-state index contributed by atoms with van der Waals surface area (Å²) in [5.74, 6) is -2.01. The largest absolute Gasteiger partial charge is 0.494 e. The van der Waals surface area contributed by atoms with E-state index in [-0.39, 0.29) is 24.6 Å². The highest BCUT2D eigenvalue weighted by atomic mass is 19.1. The average Bonchev–Trinajstić information content (AvgIpc) is 3.32. The number of anilines is 2. The van der Waals surface area contributed by atoms with Crippen molar-refractivity contribution in [1.29, 1.82) is 0 Å². The maximum absolute atomic E-state index is 13.5. The number of aryl methyl sites for hydroxylation is 1. The van der Waals surface area contributed by atoms with Crippen LogP contribution in [0.25, 0.3) is 5.69 Å². The number of tetrazole rings is 1. The molecular formula is C20H18F2N6O3. The molecule has 3 aromatic rings. The zero-order valence-electron chi connectivity index (χ0n) is 16.7. The fourth-order valence-electron chi connectivity index (χ4n) is 3.46. The summed E-state index contributed by atoms with van der Waals surface area (Å²) in [5, 5.41) is 14.1. The van der Waals surface area contributed by atoms with E-state index in [0.29, 0.717) is 22.9 Å². The molecule has 2 aromatic carbocycles. The quantitative estimate of drug-likeness (QED) is 0.669. The summed E-state index contributed by atoms with van der Waals surface area (Å²) in [6.45, 7) is 1.74. The minimum atomic E-state index is -0.792. The van der Waals surface area contributed by atoms with Crippen molar-refractivity contribution in [3.8, 4) is 11.4 Å². The number of nitrogens with one attached hydrogen (secondary N) is 1. The standard InChI is InChI=1S/C20H18F2N6O3/c1-11-24-25-26-28(11)17-9-15(3-4-18(17)31-2)23-20(30)12-5-19(29)27(10-12)16-7-13(21)6-14(22)8-16/h3-4,6-9,12H,5,10H2,1-2H3,(H,23,30). The average molecular weight is 428 g/mol. The molecule has 0 radical (unpaired) electrons. The number of hydrogen-bond donors (Lipinski definition) is 1. The molecule has 4 rings (SSSR count). The highest BCUT2D eigenvalue weighted by molar-refractivity contribution is 6.03. The van der Waals surface area contributed by atoms with E-state index in [9.17, 15) is 18.4 Å². The lowest BCUT2D eigenvalue weighted by molar-refractivity contribution is -0.122. The highest BCUT2D eigenvalue weighted by Crippen LogP contribution is 2.29. The number of rotatable bonds is 5. The SMILES string of the molecule is COc1ccc(NC(=O)C2CC(=O)N(c3cc(F)cc(F)c3)C2)cc1-n1nnnc1C. The van der Waals surface area contributed by atoms with Crippen molar-refractivity contribution in [2.24, 2.45) is 5.92 Å². The van der Waals surface area contributed by atoms with Gasteiger partial charge in [-0.05, 0) is 47.7 Å². The van der Waals surface area contributed by atoms with Gasteiger partial charge in [-0.15, -0.1) is 5.10 Å². The minimum absolute atomic E-state index is 0.0165. The highest BCUT2D eigenvalue weighted by Gasteiger charge is 2.35. The molecule has 1 fully saturated rings. The van der Waals surface area contributed by atoms with Gasteiger partial charge in [0.05, 0.1) is 13.0 Å². The molecule has 2 heterocycles. The van der Waals surface area contributed by atoms with Crippen LogP contribution < -0.4 is 15.0 Å². The molecule has 1 saturated heterocycles. The molecule has 9 nitrogen and oxygen atoms in total. The third kappa shape index (κ3) is 4.06. The number of carbonyl (C=O) groups excluding carboxylic acids is 2. The van der Waals surface area contributed by atoms with E-state index in [0.717, 1.165) is 18.2 Å². The molecule has 0 aliphatic carbocycles. The summed E-state index contributed by atoms with van der Waals surface area (Å²) in [6.07, 6.45) is -0.0704. The monoisotopic (exact) mass is 428 g/mol. The third-order valence-electron chi connectivity index (χ3n) is 4.95. The number of benzene rings is 2. The number of methoxy groups -OCH3 is 1. The van der Waals surface area contributed by atoms with Crippen LogP contribution in [0.4, 0.5) is 20.2 Å². The molecule has 0 spiro atoms. The Morgan fingerprint density at radius 3 is 2.58 bits per heavy atom.